The summed E-state index contributed by atoms with van der Waals surface area (Å²) in [7, 11) is -4.67. The van der Waals surface area contributed by atoms with Gasteiger partial charge in [0, 0.05) is 0 Å². The molecule has 0 saturated heterocycles. The third-order valence-electron chi connectivity index (χ3n) is 1.25. The Morgan fingerprint density at radius 3 is 1.77 bits per heavy atom. The van der Waals surface area contributed by atoms with E-state index in [1.165, 1.54) is 37.2 Å². The van der Waals surface area contributed by atoms with E-state index < -0.39 is 10.4 Å². The van der Waals surface area contributed by atoms with Gasteiger partial charge in [0.25, 0.3) is 0 Å². The molecule has 0 heterocycles. The predicted molar refractivity (Wildman–Crippen MR) is 50.1 cm³/mol. The van der Waals surface area contributed by atoms with Crippen molar-refractivity contribution >= 4 is 38.3 Å². The van der Waals surface area contributed by atoms with Crippen LogP contribution in [-0.2, 0) is 14.1 Å². The first-order valence-electron chi connectivity index (χ1n) is 3.67. The second kappa shape index (κ2) is 6.53. The second-order valence-corrected chi connectivity index (χ2v) is 3.89. The summed E-state index contributed by atoms with van der Waals surface area (Å²) in [6, 6.07) is 10.6. The molecule has 0 aliphatic heterocycles. The van der Waals surface area contributed by atoms with Crippen LogP contribution in [0.15, 0.2) is 30.3 Å². The van der Waals surface area contributed by atoms with Crippen molar-refractivity contribution in [1.82, 2.24) is 0 Å². The van der Waals surface area contributed by atoms with Gasteiger partial charge in [-0.3, -0.25) is 9.11 Å². The molecule has 0 aliphatic carbocycles. The van der Waals surface area contributed by atoms with Gasteiger partial charge in [0.15, 0.2) is 0 Å². The van der Waals surface area contributed by atoms with Crippen LogP contribution in [-0.4, -0.2) is 45.5 Å². The van der Waals surface area contributed by atoms with Crippen molar-refractivity contribution in [1.29, 1.82) is 0 Å². The van der Waals surface area contributed by atoms with Gasteiger partial charge in [0.05, 0.1) is 0 Å². The van der Waals surface area contributed by atoms with Crippen molar-refractivity contribution < 1.29 is 17.5 Å². The standard InChI is InChI=1S/C7H7.Na.H2O4S/c1-7-5-3-2-4-6-7;;1-5(2,3)4/h2-6H,1H2;;(H2,1,2,3,4). The van der Waals surface area contributed by atoms with Crippen LogP contribution in [0.5, 0.6) is 0 Å². The molecule has 68 valence electrons. The molecular weight excluding hydrogens is 203 g/mol. The van der Waals surface area contributed by atoms with Crippen LogP contribution in [0.1, 0.15) is 5.56 Å². The van der Waals surface area contributed by atoms with Crippen LogP contribution >= 0.6 is 0 Å². The SMILES string of the molecule is O=S(=O)(O)O.[Na][CH2]c1ccccc1. The Balaban J connectivity index is 0.000000252. The zero-order valence-corrected chi connectivity index (χ0v) is 10.0. The molecule has 0 saturated carbocycles. The van der Waals surface area contributed by atoms with Gasteiger partial charge in [-0.1, -0.05) is 0 Å². The molecule has 0 fully saturated rings. The molecule has 0 unspecified atom stereocenters. The van der Waals surface area contributed by atoms with E-state index >= 15 is 0 Å². The van der Waals surface area contributed by atoms with Crippen molar-refractivity contribution in [2.75, 3.05) is 0 Å². The Kier molecular flexibility index (Phi) is 6.58. The molecule has 13 heavy (non-hydrogen) atoms. The molecule has 0 aliphatic rings. The molecule has 0 radical (unpaired) electrons. The summed E-state index contributed by atoms with van der Waals surface area (Å²) < 4.78 is 32.9. The van der Waals surface area contributed by atoms with Crippen molar-refractivity contribution in [2.45, 2.75) is 3.67 Å². The van der Waals surface area contributed by atoms with Crippen LogP contribution in [0.25, 0.3) is 0 Å². The predicted octanol–water partition coefficient (Wildman–Crippen LogP) is 0.702. The summed E-state index contributed by atoms with van der Waals surface area (Å²) in [4.78, 5) is 0. The minimum absolute atomic E-state index is 1.28. The summed E-state index contributed by atoms with van der Waals surface area (Å²) in [6.07, 6.45) is 0. The van der Waals surface area contributed by atoms with E-state index in [1.54, 1.807) is 0 Å². The molecule has 2 N–H and O–H groups in total. The zero-order chi connectivity index (χ0) is 10.3. The summed E-state index contributed by atoms with van der Waals surface area (Å²) >= 11 is 1.28. The van der Waals surface area contributed by atoms with Crippen LogP contribution < -0.4 is 0 Å². The Morgan fingerprint density at radius 2 is 1.54 bits per heavy atom. The first-order valence-corrected chi connectivity index (χ1v) is 6.48. The van der Waals surface area contributed by atoms with Gasteiger partial charge in [0.2, 0.25) is 0 Å². The minimum atomic E-state index is -4.67. The number of rotatable bonds is 1. The normalized spacial score (nSPS) is 10.2. The fourth-order valence-corrected chi connectivity index (χ4v) is 1.19. The maximum absolute atomic E-state index is 8.74. The first-order chi connectivity index (χ1) is 5.93. The summed E-state index contributed by atoms with van der Waals surface area (Å²) in [5.74, 6) is 0. The number of benzene rings is 1. The van der Waals surface area contributed by atoms with Gasteiger partial charge in [-0.05, 0) is 0 Å². The van der Waals surface area contributed by atoms with Crippen molar-refractivity contribution in [2.24, 2.45) is 0 Å². The fraction of sp³-hybridized carbons (Fsp3) is 0.143. The Hall–Kier alpha value is 0.0900. The number of hydrogen-bond donors (Lipinski definition) is 2. The van der Waals surface area contributed by atoms with E-state index in [0.29, 0.717) is 0 Å². The topological polar surface area (TPSA) is 74.6 Å². The second-order valence-electron chi connectivity index (χ2n) is 2.29. The van der Waals surface area contributed by atoms with Crippen molar-refractivity contribution in [3.05, 3.63) is 35.9 Å². The molecule has 0 bridgehead atoms. The summed E-state index contributed by atoms with van der Waals surface area (Å²) in [5, 5.41) is 0. The van der Waals surface area contributed by atoms with Crippen molar-refractivity contribution in [3.8, 4) is 0 Å². The van der Waals surface area contributed by atoms with Gasteiger partial charge in [-0.2, -0.15) is 8.42 Å². The van der Waals surface area contributed by atoms with Gasteiger partial charge in [-0.15, -0.1) is 0 Å². The van der Waals surface area contributed by atoms with E-state index in [4.69, 9.17) is 17.5 Å². The maximum atomic E-state index is 8.74. The van der Waals surface area contributed by atoms with Crippen LogP contribution in [0.4, 0.5) is 0 Å². The van der Waals surface area contributed by atoms with E-state index in [-0.39, 0.29) is 0 Å². The third-order valence-corrected chi connectivity index (χ3v) is 2.07. The zero-order valence-electron chi connectivity index (χ0n) is 7.21. The summed E-state index contributed by atoms with van der Waals surface area (Å²) in [6.45, 7) is 0. The molecule has 1 rings (SSSR count). The average Bonchev–Trinajstić information content (AvgIpc) is 2.03. The summed E-state index contributed by atoms with van der Waals surface area (Å²) in [5.41, 5.74) is 1.47. The van der Waals surface area contributed by atoms with E-state index in [9.17, 15) is 0 Å². The molecule has 1 aromatic rings. The van der Waals surface area contributed by atoms with Gasteiger partial charge in [-0.25, -0.2) is 0 Å². The molecule has 4 nitrogen and oxygen atoms in total. The average molecular weight is 212 g/mol. The molecule has 0 atom stereocenters. The van der Waals surface area contributed by atoms with Gasteiger partial charge in [0.1, 0.15) is 0 Å². The molecular formula is C7H9NaO4S. The van der Waals surface area contributed by atoms with Gasteiger partial charge >= 0.3 is 77.9 Å². The van der Waals surface area contributed by atoms with E-state index in [0.717, 1.165) is 0 Å². The molecule has 0 spiro atoms. The number of hydrogen-bond acceptors (Lipinski definition) is 2. The Bertz CT molecular complexity index is 314. The van der Waals surface area contributed by atoms with Crippen LogP contribution in [0.2, 0.25) is 0 Å². The monoisotopic (exact) mass is 212 g/mol. The Morgan fingerprint density at radius 1 is 1.15 bits per heavy atom. The van der Waals surface area contributed by atoms with Gasteiger partial charge < -0.3 is 0 Å². The van der Waals surface area contributed by atoms with Crippen molar-refractivity contribution in [3.63, 3.8) is 0 Å². The molecule has 0 amide bonds. The van der Waals surface area contributed by atoms with E-state index in [1.807, 2.05) is 0 Å². The Labute approximate surface area is 95.0 Å². The van der Waals surface area contributed by atoms with E-state index in [2.05, 4.69) is 30.3 Å². The first kappa shape index (κ1) is 13.1. The third kappa shape index (κ3) is 12.1. The van der Waals surface area contributed by atoms with Crippen LogP contribution in [0, 0.1) is 0 Å². The molecule has 0 aromatic heterocycles. The fourth-order valence-electron chi connectivity index (χ4n) is 0.714. The molecule has 6 heteroatoms. The van der Waals surface area contributed by atoms with Crippen LogP contribution in [0.3, 0.4) is 0 Å². The molecule has 1 aromatic carbocycles. The quantitative estimate of drug-likeness (QED) is 0.531.